The topological polar surface area (TPSA) is 29.3 Å². The molecule has 0 aliphatic carbocycles. The molecule has 2 aromatic rings. The van der Waals surface area contributed by atoms with Crippen LogP contribution in [0.25, 0.3) is 0 Å². The fourth-order valence-electron chi connectivity index (χ4n) is 1.84. The van der Waals surface area contributed by atoms with Gasteiger partial charge in [-0.15, -0.1) is 11.3 Å². The van der Waals surface area contributed by atoms with Crippen LogP contribution in [0.15, 0.2) is 40.2 Å². The van der Waals surface area contributed by atoms with Crippen molar-refractivity contribution in [1.82, 2.24) is 4.90 Å². The lowest BCUT2D eigenvalue weighted by atomic mass is 10.1. The summed E-state index contributed by atoms with van der Waals surface area (Å²) >= 11 is 5.25. The van der Waals surface area contributed by atoms with Crippen LogP contribution in [-0.2, 0) is 13.0 Å². The zero-order chi connectivity index (χ0) is 13.0. The molecule has 1 aromatic heterocycles. The Morgan fingerprint density at radius 3 is 2.83 bits per heavy atom. The van der Waals surface area contributed by atoms with E-state index in [0.717, 1.165) is 29.7 Å². The molecule has 18 heavy (non-hydrogen) atoms. The molecular weight excluding hydrogens is 308 g/mol. The molecule has 0 aliphatic heterocycles. The standard InChI is InChI=1S/C14H17BrN2S/c1-17(7-6-13-3-2-8-18-13)10-11-4-5-12(15)9-14(11)16/h2-5,8-9H,6-7,10,16H2,1H3. The van der Waals surface area contributed by atoms with Gasteiger partial charge in [0.1, 0.15) is 0 Å². The van der Waals surface area contributed by atoms with Gasteiger partial charge in [-0.25, -0.2) is 0 Å². The molecule has 0 saturated heterocycles. The van der Waals surface area contributed by atoms with E-state index in [2.05, 4.69) is 51.5 Å². The Kier molecular flexibility index (Phi) is 4.80. The Morgan fingerprint density at radius 1 is 1.33 bits per heavy atom. The van der Waals surface area contributed by atoms with E-state index in [0.29, 0.717) is 0 Å². The van der Waals surface area contributed by atoms with Gasteiger partial charge < -0.3 is 10.6 Å². The predicted octanol–water partition coefficient (Wildman–Crippen LogP) is 3.77. The first-order valence-electron chi connectivity index (χ1n) is 5.90. The molecule has 96 valence electrons. The Balaban J connectivity index is 1.88. The van der Waals surface area contributed by atoms with Gasteiger partial charge in [0.15, 0.2) is 0 Å². The molecule has 0 aliphatic rings. The number of anilines is 1. The van der Waals surface area contributed by atoms with E-state index in [4.69, 9.17) is 5.73 Å². The molecule has 2 N–H and O–H groups in total. The van der Waals surface area contributed by atoms with E-state index in [1.165, 1.54) is 10.4 Å². The van der Waals surface area contributed by atoms with E-state index in [-0.39, 0.29) is 0 Å². The summed E-state index contributed by atoms with van der Waals surface area (Å²) in [5.41, 5.74) is 8.05. The summed E-state index contributed by atoms with van der Waals surface area (Å²) in [7, 11) is 2.13. The fraction of sp³-hybridized carbons (Fsp3) is 0.286. The third-order valence-corrected chi connectivity index (χ3v) is 4.30. The van der Waals surface area contributed by atoms with Crippen LogP contribution in [0.4, 0.5) is 5.69 Å². The number of likely N-dealkylation sites (N-methyl/N-ethyl adjacent to an activating group) is 1. The maximum atomic E-state index is 6.01. The van der Waals surface area contributed by atoms with E-state index >= 15 is 0 Å². The van der Waals surface area contributed by atoms with Crippen LogP contribution >= 0.6 is 27.3 Å². The third kappa shape index (κ3) is 3.83. The van der Waals surface area contributed by atoms with Gasteiger partial charge in [0.2, 0.25) is 0 Å². The summed E-state index contributed by atoms with van der Waals surface area (Å²) in [4.78, 5) is 3.74. The van der Waals surface area contributed by atoms with Crippen LogP contribution in [0.1, 0.15) is 10.4 Å². The fourth-order valence-corrected chi connectivity index (χ4v) is 2.91. The molecule has 0 bridgehead atoms. The Bertz CT molecular complexity index is 497. The van der Waals surface area contributed by atoms with Crippen LogP contribution in [0, 0.1) is 0 Å². The lowest BCUT2D eigenvalue weighted by Gasteiger charge is -2.17. The van der Waals surface area contributed by atoms with E-state index < -0.39 is 0 Å². The second kappa shape index (κ2) is 6.36. The average molecular weight is 325 g/mol. The summed E-state index contributed by atoms with van der Waals surface area (Å²) in [6.45, 7) is 1.94. The Labute approximate surface area is 121 Å². The highest BCUT2D eigenvalue weighted by atomic mass is 79.9. The van der Waals surface area contributed by atoms with Crippen molar-refractivity contribution in [3.05, 3.63) is 50.6 Å². The van der Waals surface area contributed by atoms with Crippen molar-refractivity contribution < 1.29 is 0 Å². The lowest BCUT2D eigenvalue weighted by Crippen LogP contribution is -2.21. The van der Waals surface area contributed by atoms with Gasteiger partial charge in [-0.1, -0.05) is 28.1 Å². The molecule has 1 heterocycles. The number of halogens is 1. The normalized spacial score (nSPS) is 11.1. The highest BCUT2D eigenvalue weighted by Gasteiger charge is 2.05. The van der Waals surface area contributed by atoms with Crippen LogP contribution in [0.5, 0.6) is 0 Å². The van der Waals surface area contributed by atoms with Crippen LogP contribution < -0.4 is 5.73 Å². The second-order valence-electron chi connectivity index (χ2n) is 4.41. The van der Waals surface area contributed by atoms with E-state index in [9.17, 15) is 0 Å². The van der Waals surface area contributed by atoms with Crippen LogP contribution in [0.2, 0.25) is 0 Å². The van der Waals surface area contributed by atoms with Crippen LogP contribution in [0.3, 0.4) is 0 Å². The zero-order valence-corrected chi connectivity index (χ0v) is 12.8. The molecular formula is C14H17BrN2S. The van der Waals surface area contributed by atoms with Crippen molar-refractivity contribution >= 4 is 33.0 Å². The van der Waals surface area contributed by atoms with Crippen molar-refractivity contribution in [3.8, 4) is 0 Å². The predicted molar refractivity (Wildman–Crippen MR) is 82.9 cm³/mol. The Morgan fingerprint density at radius 2 is 2.17 bits per heavy atom. The molecule has 2 rings (SSSR count). The maximum Gasteiger partial charge on any atom is 0.0371 e. The molecule has 4 heteroatoms. The molecule has 0 atom stereocenters. The highest BCUT2D eigenvalue weighted by molar-refractivity contribution is 9.10. The van der Waals surface area contributed by atoms with Gasteiger partial charge >= 0.3 is 0 Å². The third-order valence-electron chi connectivity index (χ3n) is 2.87. The highest BCUT2D eigenvalue weighted by Crippen LogP contribution is 2.20. The van der Waals surface area contributed by atoms with Crippen LogP contribution in [-0.4, -0.2) is 18.5 Å². The molecule has 0 fully saturated rings. The minimum absolute atomic E-state index is 0.854. The molecule has 0 spiro atoms. The number of nitrogen functional groups attached to an aromatic ring is 1. The number of benzene rings is 1. The average Bonchev–Trinajstić information content (AvgIpc) is 2.83. The second-order valence-corrected chi connectivity index (χ2v) is 6.36. The number of hydrogen-bond donors (Lipinski definition) is 1. The van der Waals surface area contributed by atoms with Crippen molar-refractivity contribution in [1.29, 1.82) is 0 Å². The van der Waals surface area contributed by atoms with Gasteiger partial charge in [-0.3, -0.25) is 0 Å². The summed E-state index contributed by atoms with van der Waals surface area (Å²) in [5, 5.41) is 2.13. The van der Waals surface area contributed by atoms with Crippen molar-refractivity contribution in [2.24, 2.45) is 0 Å². The minimum Gasteiger partial charge on any atom is -0.398 e. The van der Waals surface area contributed by atoms with Gasteiger partial charge in [0, 0.05) is 28.1 Å². The Hall–Kier alpha value is -0.840. The van der Waals surface area contributed by atoms with E-state index in [1.807, 2.05) is 23.5 Å². The van der Waals surface area contributed by atoms with Gasteiger partial charge in [-0.05, 0) is 42.6 Å². The number of rotatable bonds is 5. The monoisotopic (exact) mass is 324 g/mol. The SMILES string of the molecule is CN(CCc1cccs1)Cc1ccc(Br)cc1N. The molecule has 0 radical (unpaired) electrons. The van der Waals surface area contributed by atoms with Crippen molar-refractivity contribution in [2.75, 3.05) is 19.3 Å². The number of thiophene rings is 1. The first kappa shape index (κ1) is 13.6. The first-order chi connectivity index (χ1) is 8.65. The molecule has 1 aromatic carbocycles. The molecule has 0 unspecified atom stereocenters. The number of nitrogens with zero attached hydrogens (tertiary/aromatic N) is 1. The van der Waals surface area contributed by atoms with Gasteiger partial charge in [0.25, 0.3) is 0 Å². The molecule has 0 amide bonds. The maximum absolute atomic E-state index is 6.01. The minimum atomic E-state index is 0.854. The summed E-state index contributed by atoms with van der Waals surface area (Å²) < 4.78 is 1.03. The number of nitrogens with two attached hydrogens (primary N) is 1. The summed E-state index contributed by atoms with van der Waals surface area (Å²) in [6, 6.07) is 10.4. The zero-order valence-electron chi connectivity index (χ0n) is 10.4. The lowest BCUT2D eigenvalue weighted by molar-refractivity contribution is 0.332. The first-order valence-corrected chi connectivity index (χ1v) is 7.57. The number of hydrogen-bond acceptors (Lipinski definition) is 3. The molecule has 0 saturated carbocycles. The van der Waals surface area contributed by atoms with Gasteiger partial charge in [0.05, 0.1) is 0 Å². The van der Waals surface area contributed by atoms with Gasteiger partial charge in [-0.2, -0.15) is 0 Å². The smallest absolute Gasteiger partial charge is 0.0371 e. The van der Waals surface area contributed by atoms with E-state index in [1.54, 1.807) is 0 Å². The van der Waals surface area contributed by atoms with Crippen molar-refractivity contribution in [3.63, 3.8) is 0 Å². The quantitative estimate of drug-likeness (QED) is 0.848. The molecule has 2 nitrogen and oxygen atoms in total. The largest absolute Gasteiger partial charge is 0.398 e. The summed E-state index contributed by atoms with van der Waals surface area (Å²) in [6.07, 6.45) is 1.10. The summed E-state index contributed by atoms with van der Waals surface area (Å²) in [5.74, 6) is 0. The van der Waals surface area contributed by atoms with Crippen molar-refractivity contribution in [2.45, 2.75) is 13.0 Å².